The molecule has 1 heterocycles. The topological polar surface area (TPSA) is 43.4 Å². The average Bonchev–Trinajstić information content (AvgIpc) is 2.53. The summed E-state index contributed by atoms with van der Waals surface area (Å²) in [5, 5.41) is 3.44. The number of nitrogens with zero attached hydrogens (tertiary/aromatic N) is 1. The number of pyridine rings is 1. The standard InChI is InChI=1S/C17H28N2O2/c1-4-10-18-13(2)17-9-8-16(12-19-17)21-15-7-5-6-14(11-15)20-3/h8-9,12-15,18H,4-7,10-11H2,1-3H3. The number of aromatic nitrogens is 1. The fraction of sp³-hybridized carbons (Fsp3) is 0.706. The highest BCUT2D eigenvalue weighted by atomic mass is 16.5. The normalized spacial score (nSPS) is 23.8. The van der Waals surface area contributed by atoms with E-state index in [1.807, 2.05) is 12.3 Å². The number of hydrogen-bond donors (Lipinski definition) is 1. The van der Waals surface area contributed by atoms with Crippen molar-refractivity contribution in [3.05, 3.63) is 24.0 Å². The number of methoxy groups -OCH3 is 1. The number of rotatable bonds is 7. The van der Waals surface area contributed by atoms with Crippen LogP contribution < -0.4 is 10.1 Å². The van der Waals surface area contributed by atoms with Crippen molar-refractivity contribution in [3.8, 4) is 5.75 Å². The maximum Gasteiger partial charge on any atom is 0.138 e. The summed E-state index contributed by atoms with van der Waals surface area (Å²) in [6.07, 6.45) is 7.98. The highest BCUT2D eigenvalue weighted by Crippen LogP contribution is 2.25. The lowest BCUT2D eigenvalue weighted by Gasteiger charge is -2.28. The van der Waals surface area contributed by atoms with Crippen LogP contribution in [0.4, 0.5) is 0 Å². The molecule has 0 amide bonds. The minimum atomic E-state index is 0.256. The molecule has 4 heteroatoms. The summed E-state index contributed by atoms with van der Waals surface area (Å²) in [5.74, 6) is 0.864. The second kappa shape index (κ2) is 8.35. The molecule has 0 spiro atoms. The van der Waals surface area contributed by atoms with Crippen LogP contribution in [0.2, 0.25) is 0 Å². The van der Waals surface area contributed by atoms with Gasteiger partial charge in [-0.2, -0.15) is 0 Å². The zero-order valence-corrected chi connectivity index (χ0v) is 13.5. The summed E-state index contributed by atoms with van der Waals surface area (Å²) in [6, 6.07) is 4.37. The van der Waals surface area contributed by atoms with Crippen LogP contribution >= 0.6 is 0 Å². The monoisotopic (exact) mass is 292 g/mol. The van der Waals surface area contributed by atoms with Crippen molar-refractivity contribution in [2.24, 2.45) is 0 Å². The van der Waals surface area contributed by atoms with Crippen molar-refractivity contribution in [2.45, 2.75) is 64.2 Å². The Morgan fingerprint density at radius 3 is 2.81 bits per heavy atom. The van der Waals surface area contributed by atoms with Crippen LogP contribution in [0.3, 0.4) is 0 Å². The van der Waals surface area contributed by atoms with Crippen LogP contribution in [-0.2, 0) is 4.74 Å². The van der Waals surface area contributed by atoms with E-state index >= 15 is 0 Å². The third kappa shape index (κ3) is 4.97. The first-order valence-corrected chi connectivity index (χ1v) is 8.11. The van der Waals surface area contributed by atoms with E-state index in [0.29, 0.717) is 6.10 Å². The molecule has 1 aromatic heterocycles. The summed E-state index contributed by atoms with van der Waals surface area (Å²) < 4.78 is 11.5. The van der Waals surface area contributed by atoms with Gasteiger partial charge in [0.05, 0.1) is 18.0 Å². The molecule has 4 nitrogen and oxygen atoms in total. The van der Waals surface area contributed by atoms with Crippen LogP contribution in [0.25, 0.3) is 0 Å². The van der Waals surface area contributed by atoms with Gasteiger partial charge in [0.2, 0.25) is 0 Å². The van der Waals surface area contributed by atoms with E-state index in [2.05, 4.69) is 30.2 Å². The quantitative estimate of drug-likeness (QED) is 0.835. The summed E-state index contributed by atoms with van der Waals surface area (Å²) in [6.45, 7) is 5.33. The van der Waals surface area contributed by atoms with Gasteiger partial charge in [0.25, 0.3) is 0 Å². The summed E-state index contributed by atoms with van der Waals surface area (Å²) in [4.78, 5) is 4.52. The molecule has 1 aromatic rings. The maximum atomic E-state index is 6.04. The van der Waals surface area contributed by atoms with Crippen molar-refractivity contribution < 1.29 is 9.47 Å². The van der Waals surface area contributed by atoms with Crippen molar-refractivity contribution in [1.29, 1.82) is 0 Å². The van der Waals surface area contributed by atoms with E-state index in [0.717, 1.165) is 43.7 Å². The van der Waals surface area contributed by atoms with Gasteiger partial charge < -0.3 is 14.8 Å². The first kappa shape index (κ1) is 16.2. The molecule has 0 bridgehead atoms. The fourth-order valence-electron chi connectivity index (χ4n) is 2.80. The lowest BCUT2D eigenvalue weighted by molar-refractivity contribution is 0.0208. The van der Waals surface area contributed by atoms with Gasteiger partial charge in [-0.15, -0.1) is 0 Å². The van der Waals surface area contributed by atoms with Gasteiger partial charge >= 0.3 is 0 Å². The second-order valence-corrected chi connectivity index (χ2v) is 5.86. The van der Waals surface area contributed by atoms with Gasteiger partial charge in [0.15, 0.2) is 0 Å². The molecule has 118 valence electrons. The third-order valence-electron chi connectivity index (χ3n) is 4.12. The Morgan fingerprint density at radius 2 is 2.14 bits per heavy atom. The van der Waals surface area contributed by atoms with E-state index in [1.165, 1.54) is 6.42 Å². The van der Waals surface area contributed by atoms with Gasteiger partial charge in [-0.25, -0.2) is 0 Å². The van der Waals surface area contributed by atoms with E-state index in [1.54, 1.807) is 7.11 Å². The largest absolute Gasteiger partial charge is 0.489 e. The molecular weight excluding hydrogens is 264 g/mol. The Labute approximate surface area is 128 Å². The first-order chi connectivity index (χ1) is 10.2. The Bertz CT molecular complexity index is 408. The molecular formula is C17H28N2O2. The predicted molar refractivity (Wildman–Crippen MR) is 84.6 cm³/mol. The second-order valence-electron chi connectivity index (χ2n) is 5.86. The number of ether oxygens (including phenoxy) is 2. The van der Waals surface area contributed by atoms with Gasteiger partial charge in [0, 0.05) is 19.6 Å². The molecule has 1 saturated carbocycles. The molecule has 2 rings (SSSR count). The average molecular weight is 292 g/mol. The highest BCUT2D eigenvalue weighted by Gasteiger charge is 2.23. The van der Waals surface area contributed by atoms with Gasteiger partial charge in [-0.1, -0.05) is 6.92 Å². The van der Waals surface area contributed by atoms with E-state index in [4.69, 9.17) is 9.47 Å². The molecule has 3 unspecified atom stereocenters. The Hall–Kier alpha value is -1.13. The minimum Gasteiger partial charge on any atom is -0.489 e. The summed E-state index contributed by atoms with van der Waals surface area (Å²) in [7, 11) is 1.79. The van der Waals surface area contributed by atoms with Crippen molar-refractivity contribution in [1.82, 2.24) is 10.3 Å². The zero-order chi connectivity index (χ0) is 15.1. The van der Waals surface area contributed by atoms with Gasteiger partial charge in [-0.05, 0) is 51.3 Å². The van der Waals surface area contributed by atoms with Crippen LogP contribution in [0, 0.1) is 0 Å². The third-order valence-corrected chi connectivity index (χ3v) is 4.12. The Kier molecular flexibility index (Phi) is 6.46. The molecule has 1 aliphatic carbocycles. The van der Waals surface area contributed by atoms with Crippen LogP contribution in [0.5, 0.6) is 5.75 Å². The lowest BCUT2D eigenvalue weighted by Crippen LogP contribution is -2.29. The van der Waals surface area contributed by atoms with Crippen LogP contribution in [0.15, 0.2) is 18.3 Å². The lowest BCUT2D eigenvalue weighted by atomic mass is 9.95. The SMILES string of the molecule is CCCNC(C)c1ccc(OC2CCCC(OC)C2)cn1. The molecule has 0 radical (unpaired) electrons. The van der Waals surface area contributed by atoms with Crippen LogP contribution in [0.1, 0.15) is 57.7 Å². The molecule has 0 aromatic carbocycles. The highest BCUT2D eigenvalue weighted by molar-refractivity contribution is 5.21. The van der Waals surface area contributed by atoms with Gasteiger partial charge in [-0.3, -0.25) is 4.98 Å². The molecule has 1 N–H and O–H groups in total. The van der Waals surface area contributed by atoms with E-state index in [-0.39, 0.29) is 12.1 Å². The summed E-state index contributed by atoms with van der Waals surface area (Å²) >= 11 is 0. The Morgan fingerprint density at radius 1 is 1.33 bits per heavy atom. The van der Waals surface area contributed by atoms with Crippen LogP contribution in [-0.4, -0.2) is 30.8 Å². The fourth-order valence-corrected chi connectivity index (χ4v) is 2.80. The molecule has 3 atom stereocenters. The number of hydrogen-bond acceptors (Lipinski definition) is 4. The smallest absolute Gasteiger partial charge is 0.138 e. The van der Waals surface area contributed by atoms with Crippen molar-refractivity contribution in [2.75, 3.05) is 13.7 Å². The van der Waals surface area contributed by atoms with E-state index < -0.39 is 0 Å². The molecule has 0 aliphatic heterocycles. The van der Waals surface area contributed by atoms with Gasteiger partial charge in [0.1, 0.15) is 11.9 Å². The maximum absolute atomic E-state index is 6.04. The first-order valence-electron chi connectivity index (χ1n) is 8.11. The van der Waals surface area contributed by atoms with Crippen molar-refractivity contribution >= 4 is 0 Å². The predicted octanol–water partition coefficient (Wildman–Crippen LogP) is 3.48. The Balaban J connectivity index is 1.87. The molecule has 1 fully saturated rings. The summed E-state index contributed by atoms with van der Waals surface area (Å²) in [5.41, 5.74) is 1.06. The molecule has 0 saturated heterocycles. The number of nitrogens with one attached hydrogen (secondary N) is 1. The van der Waals surface area contributed by atoms with Crippen molar-refractivity contribution in [3.63, 3.8) is 0 Å². The zero-order valence-electron chi connectivity index (χ0n) is 13.5. The molecule has 1 aliphatic rings. The van der Waals surface area contributed by atoms with E-state index in [9.17, 15) is 0 Å². The molecule has 21 heavy (non-hydrogen) atoms. The minimum absolute atomic E-state index is 0.256.